The number of hydrogen-bond donors (Lipinski definition) is 2. The minimum atomic E-state index is -3.76. The van der Waals surface area contributed by atoms with Crippen molar-refractivity contribution in [1.82, 2.24) is 14.9 Å². The van der Waals surface area contributed by atoms with Crippen molar-refractivity contribution in [2.45, 2.75) is 37.2 Å². The number of anilines is 1. The van der Waals surface area contributed by atoms with Gasteiger partial charge in [-0.25, -0.2) is 8.42 Å². The van der Waals surface area contributed by atoms with Crippen LogP contribution in [0.2, 0.25) is 5.02 Å². The molecule has 1 aliphatic rings. The van der Waals surface area contributed by atoms with Gasteiger partial charge in [-0.3, -0.25) is 4.79 Å². The summed E-state index contributed by atoms with van der Waals surface area (Å²) in [5, 5.41) is 11.9. The first-order valence-electron chi connectivity index (χ1n) is 7.93. The second kappa shape index (κ2) is 6.57. The molecule has 2 aromatic rings. The number of nitrogens with one attached hydrogen (secondary N) is 1. The minimum Gasteiger partial charge on any atom is -0.356 e. The number of halogens is 1. The maximum Gasteiger partial charge on any atom is 0.275 e. The molecule has 1 aliphatic heterocycles. The highest BCUT2D eigenvalue weighted by molar-refractivity contribution is 7.91. The Morgan fingerprint density at radius 2 is 1.92 bits per heavy atom. The van der Waals surface area contributed by atoms with Crippen molar-refractivity contribution in [3.05, 3.63) is 40.5 Å². The van der Waals surface area contributed by atoms with E-state index in [-0.39, 0.29) is 23.2 Å². The second-order valence-corrected chi connectivity index (χ2v) is 9.17. The standard InChI is InChI=1S/C16H19ClN4O4S/c1-9(2)26(24,25)16-18-13-12(14(22)19-15(23)20(13)3)21(16)8-10-4-6-11(17)7-5-10/h4-7,9,15,23H,8H2,1-3H3,(H,19,22). The largest absolute Gasteiger partial charge is 0.356 e. The summed E-state index contributed by atoms with van der Waals surface area (Å²) in [6.45, 7) is 3.22. The third-order valence-corrected chi connectivity index (χ3v) is 6.53. The molecule has 0 aliphatic carbocycles. The Kier molecular flexibility index (Phi) is 4.72. The van der Waals surface area contributed by atoms with Crippen LogP contribution >= 0.6 is 11.6 Å². The predicted molar refractivity (Wildman–Crippen MR) is 97.0 cm³/mol. The van der Waals surface area contributed by atoms with E-state index in [1.807, 2.05) is 0 Å². The van der Waals surface area contributed by atoms with Crippen LogP contribution in [0.4, 0.5) is 5.82 Å². The quantitative estimate of drug-likeness (QED) is 0.802. The summed E-state index contributed by atoms with van der Waals surface area (Å²) >= 11 is 5.90. The topological polar surface area (TPSA) is 105 Å². The zero-order chi connectivity index (χ0) is 19.2. The number of aliphatic hydroxyl groups excluding tert-OH is 1. The van der Waals surface area contributed by atoms with Gasteiger partial charge in [0, 0.05) is 12.1 Å². The number of aliphatic hydroxyl groups is 1. The Labute approximate surface area is 156 Å². The lowest BCUT2D eigenvalue weighted by atomic mass is 10.2. The molecule has 26 heavy (non-hydrogen) atoms. The van der Waals surface area contributed by atoms with Crippen molar-refractivity contribution < 1.29 is 18.3 Å². The van der Waals surface area contributed by atoms with E-state index < -0.39 is 27.3 Å². The number of hydrogen-bond acceptors (Lipinski definition) is 6. The van der Waals surface area contributed by atoms with Crippen LogP contribution in [-0.4, -0.2) is 47.6 Å². The van der Waals surface area contributed by atoms with Crippen LogP contribution in [0, 0.1) is 0 Å². The first kappa shape index (κ1) is 18.7. The Morgan fingerprint density at radius 1 is 1.31 bits per heavy atom. The van der Waals surface area contributed by atoms with E-state index in [4.69, 9.17) is 11.6 Å². The van der Waals surface area contributed by atoms with E-state index in [0.29, 0.717) is 5.02 Å². The number of carbonyl (C=O) groups is 1. The fourth-order valence-electron chi connectivity index (χ4n) is 2.64. The lowest BCUT2D eigenvalue weighted by Gasteiger charge is -2.29. The first-order chi connectivity index (χ1) is 12.1. The van der Waals surface area contributed by atoms with Gasteiger partial charge in [0.05, 0.1) is 11.8 Å². The van der Waals surface area contributed by atoms with Crippen molar-refractivity contribution in [2.75, 3.05) is 11.9 Å². The van der Waals surface area contributed by atoms with E-state index >= 15 is 0 Å². The molecular weight excluding hydrogens is 380 g/mol. The average Bonchev–Trinajstić information content (AvgIpc) is 2.95. The number of imidazole rings is 1. The molecule has 0 saturated carbocycles. The number of carbonyl (C=O) groups excluding carboxylic acids is 1. The van der Waals surface area contributed by atoms with Crippen molar-refractivity contribution in [3.63, 3.8) is 0 Å². The van der Waals surface area contributed by atoms with Gasteiger partial charge in [0.1, 0.15) is 0 Å². The molecule has 0 bridgehead atoms. The third-order valence-electron chi connectivity index (χ3n) is 4.22. The molecule has 1 aromatic heterocycles. The van der Waals surface area contributed by atoms with Gasteiger partial charge in [-0.1, -0.05) is 23.7 Å². The average molecular weight is 399 g/mol. The van der Waals surface area contributed by atoms with Crippen LogP contribution in [0.5, 0.6) is 0 Å². The summed E-state index contributed by atoms with van der Waals surface area (Å²) in [5.74, 6) is -0.466. The highest BCUT2D eigenvalue weighted by Crippen LogP contribution is 2.30. The molecule has 140 valence electrons. The van der Waals surface area contributed by atoms with E-state index in [1.165, 1.54) is 16.5 Å². The number of amides is 1. The number of rotatable bonds is 4. The van der Waals surface area contributed by atoms with Crippen LogP contribution in [0.25, 0.3) is 0 Å². The monoisotopic (exact) mass is 398 g/mol. The van der Waals surface area contributed by atoms with Gasteiger partial charge < -0.3 is 19.9 Å². The first-order valence-corrected chi connectivity index (χ1v) is 9.86. The number of aromatic nitrogens is 2. The molecule has 2 heterocycles. The molecule has 0 spiro atoms. The molecule has 8 nitrogen and oxygen atoms in total. The lowest BCUT2D eigenvalue weighted by molar-refractivity contribution is 0.0746. The fourth-order valence-corrected chi connectivity index (χ4v) is 3.86. The van der Waals surface area contributed by atoms with Gasteiger partial charge in [-0.2, -0.15) is 4.98 Å². The lowest BCUT2D eigenvalue weighted by Crippen LogP contribution is -2.51. The van der Waals surface area contributed by atoms with Gasteiger partial charge in [-0.05, 0) is 31.5 Å². The van der Waals surface area contributed by atoms with Gasteiger partial charge in [0.25, 0.3) is 5.91 Å². The van der Waals surface area contributed by atoms with Crippen LogP contribution in [-0.2, 0) is 16.4 Å². The molecule has 0 radical (unpaired) electrons. The van der Waals surface area contributed by atoms with Crippen molar-refractivity contribution in [3.8, 4) is 0 Å². The highest BCUT2D eigenvalue weighted by Gasteiger charge is 2.37. The van der Waals surface area contributed by atoms with Gasteiger partial charge >= 0.3 is 0 Å². The summed E-state index contributed by atoms with van der Waals surface area (Å²) in [6.07, 6.45) is -1.27. The fraction of sp³-hybridized carbons (Fsp3) is 0.375. The zero-order valence-corrected chi connectivity index (χ0v) is 16.0. The predicted octanol–water partition coefficient (Wildman–Crippen LogP) is 1.22. The van der Waals surface area contributed by atoms with Crippen molar-refractivity contribution >= 4 is 33.2 Å². The van der Waals surface area contributed by atoms with Gasteiger partial charge in [0.2, 0.25) is 21.3 Å². The van der Waals surface area contributed by atoms with E-state index in [2.05, 4.69) is 10.3 Å². The normalized spacial score (nSPS) is 17.4. The number of fused-ring (bicyclic) bond motifs is 1. The number of benzene rings is 1. The summed E-state index contributed by atoms with van der Waals surface area (Å²) in [5.41, 5.74) is 0.850. The maximum absolute atomic E-state index is 12.8. The van der Waals surface area contributed by atoms with Crippen LogP contribution < -0.4 is 10.2 Å². The maximum atomic E-state index is 12.8. The van der Waals surface area contributed by atoms with Gasteiger partial charge in [-0.15, -0.1) is 0 Å². The molecule has 1 amide bonds. The number of sulfone groups is 1. The summed E-state index contributed by atoms with van der Waals surface area (Å²) in [7, 11) is -2.23. The summed E-state index contributed by atoms with van der Waals surface area (Å²) in [6, 6.07) is 6.87. The molecule has 3 rings (SSSR count). The Balaban J connectivity index is 2.21. The second-order valence-electron chi connectivity index (χ2n) is 6.33. The zero-order valence-electron chi connectivity index (χ0n) is 14.5. The van der Waals surface area contributed by atoms with E-state index in [1.54, 1.807) is 38.1 Å². The van der Waals surface area contributed by atoms with E-state index in [9.17, 15) is 18.3 Å². The Hall–Kier alpha value is -2.10. The molecule has 1 aromatic carbocycles. The van der Waals surface area contributed by atoms with E-state index in [0.717, 1.165) is 5.56 Å². The Morgan fingerprint density at radius 3 is 2.50 bits per heavy atom. The SMILES string of the molecule is CC(C)S(=O)(=O)c1nc2c(n1Cc1ccc(Cl)cc1)C(=O)NC(O)N2C. The molecule has 2 N–H and O–H groups in total. The van der Waals surface area contributed by atoms with Crippen molar-refractivity contribution in [2.24, 2.45) is 0 Å². The summed E-state index contributed by atoms with van der Waals surface area (Å²) < 4.78 is 27.0. The van der Waals surface area contributed by atoms with Crippen molar-refractivity contribution in [1.29, 1.82) is 0 Å². The Bertz CT molecular complexity index is 953. The summed E-state index contributed by atoms with van der Waals surface area (Å²) in [4.78, 5) is 17.9. The third kappa shape index (κ3) is 3.06. The molecule has 1 unspecified atom stereocenters. The van der Waals surface area contributed by atoms with Crippen LogP contribution in [0.3, 0.4) is 0 Å². The molecule has 0 fully saturated rings. The highest BCUT2D eigenvalue weighted by atomic mass is 35.5. The smallest absolute Gasteiger partial charge is 0.275 e. The number of nitrogens with zero attached hydrogens (tertiary/aromatic N) is 3. The molecule has 0 saturated heterocycles. The van der Waals surface area contributed by atoms with Crippen LogP contribution in [0.15, 0.2) is 29.4 Å². The van der Waals surface area contributed by atoms with Crippen LogP contribution in [0.1, 0.15) is 29.9 Å². The van der Waals surface area contributed by atoms with Gasteiger partial charge in [0.15, 0.2) is 11.5 Å². The molecule has 1 atom stereocenters. The molecular formula is C16H19ClN4O4S. The molecule has 10 heteroatoms. The minimum absolute atomic E-state index is 0.0898.